The van der Waals surface area contributed by atoms with E-state index in [2.05, 4.69) is 6.58 Å². The summed E-state index contributed by atoms with van der Waals surface area (Å²) >= 11 is 6.22. The number of rotatable bonds is 4. The van der Waals surface area contributed by atoms with E-state index in [1.165, 1.54) is 29.2 Å². The van der Waals surface area contributed by atoms with E-state index in [1.807, 2.05) is 26.0 Å². The third-order valence-corrected chi connectivity index (χ3v) is 3.97. The average molecular weight is 330 g/mol. The van der Waals surface area contributed by atoms with Crippen molar-refractivity contribution in [1.29, 1.82) is 0 Å². The second-order valence-electron chi connectivity index (χ2n) is 5.07. The number of anilines is 2. The molecule has 0 saturated carbocycles. The lowest BCUT2D eigenvalue weighted by atomic mass is 10.1. The van der Waals surface area contributed by atoms with Gasteiger partial charge in [-0.1, -0.05) is 30.3 Å². The van der Waals surface area contributed by atoms with Gasteiger partial charge in [-0.2, -0.15) is 0 Å². The highest BCUT2D eigenvalue weighted by atomic mass is 35.5. The Morgan fingerprint density at radius 1 is 1.17 bits per heavy atom. The molecule has 0 fully saturated rings. The molecule has 2 aromatic rings. The van der Waals surface area contributed by atoms with Gasteiger partial charge in [0.05, 0.1) is 22.0 Å². The van der Waals surface area contributed by atoms with Crippen molar-refractivity contribution in [2.24, 2.45) is 0 Å². The predicted molar refractivity (Wildman–Crippen MR) is 91.7 cm³/mol. The molecule has 4 nitrogen and oxygen atoms in total. The van der Waals surface area contributed by atoms with Crippen LogP contribution in [0.15, 0.2) is 49.1 Å². The zero-order chi connectivity index (χ0) is 17.1. The lowest BCUT2D eigenvalue weighted by molar-refractivity contribution is -0.113. The van der Waals surface area contributed by atoms with Crippen LogP contribution in [0.2, 0.25) is 5.02 Å². The van der Waals surface area contributed by atoms with Crippen molar-refractivity contribution in [3.63, 3.8) is 0 Å². The van der Waals surface area contributed by atoms with Crippen LogP contribution in [0.5, 0.6) is 0 Å². The summed E-state index contributed by atoms with van der Waals surface area (Å²) in [7, 11) is 0. The molecule has 23 heavy (non-hydrogen) atoms. The van der Waals surface area contributed by atoms with Gasteiger partial charge in [0.2, 0.25) is 0 Å². The van der Waals surface area contributed by atoms with Gasteiger partial charge < -0.3 is 5.11 Å². The van der Waals surface area contributed by atoms with Crippen LogP contribution < -0.4 is 4.90 Å². The normalized spacial score (nSPS) is 10.2. The lowest BCUT2D eigenvalue weighted by Crippen LogP contribution is -2.25. The van der Waals surface area contributed by atoms with Crippen LogP contribution in [0.1, 0.15) is 21.5 Å². The second-order valence-corrected chi connectivity index (χ2v) is 5.48. The van der Waals surface area contributed by atoms with E-state index in [4.69, 9.17) is 11.6 Å². The molecule has 0 radical (unpaired) electrons. The maximum atomic E-state index is 12.4. The van der Waals surface area contributed by atoms with E-state index in [0.717, 1.165) is 11.1 Å². The van der Waals surface area contributed by atoms with Crippen LogP contribution in [0.3, 0.4) is 0 Å². The Labute approximate surface area is 139 Å². The van der Waals surface area contributed by atoms with Crippen molar-refractivity contribution in [2.75, 3.05) is 4.90 Å². The summed E-state index contributed by atoms with van der Waals surface area (Å²) in [6.45, 7) is 7.35. The van der Waals surface area contributed by atoms with Crippen molar-refractivity contribution in [3.05, 3.63) is 70.8 Å². The van der Waals surface area contributed by atoms with Gasteiger partial charge in [0.1, 0.15) is 0 Å². The zero-order valence-corrected chi connectivity index (χ0v) is 13.6. The fourth-order valence-corrected chi connectivity index (χ4v) is 2.46. The van der Waals surface area contributed by atoms with Gasteiger partial charge in [0.25, 0.3) is 5.91 Å². The first-order chi connectivity index (χ1) is 10.9. The van der Waals surface area contributed by atoms with E-state index >= 15 is 0 Å². The van der Waals surface area contributed by atoms with Gasteiger partial charge >= 0.3 is 5.97 Å². The minimum atomic E-state index is -1.09. The van der Waals surface area contributed by atoms with Crippen LogP contribution in [0.25, 0.3) is 0 Å². The molecule has 0 aliphatic rings. The molecular weight excluding hydrogens is 314 g/mol. The summed E-state index contributed by atoms with van der Waals surface area (Å²) in [5.74, 6) is -1.47. The fourth-order valence-electron chi connectivity index (χ4n) is 2.25. The number of hydrogen-bond donors (Lipinski definition) is 1. The quantitative estimate of drug-likeness (QED) is 0.840. The molecule has 0 bridgehead atoms. The molecule has 118 valence electrons. The number of carboxylic acid groups (broad SMARTS) is 1. The topological polar surface area (TPSA) is 57.6 Å². The number of carbonyl (C=O) groups excluding carboxylic acids is 1. The number of carbonyl (C=O) groups is 2. The molecule has 0 aliphatic heterocycles. The predicted octanol–water partition coefficient (Wildman–Crippen LogP) is 4.51. The Balaban J connectivity index is 2.72. The van der Waals surface area contributed by atoms with Crippen LogP contribution in [0.4, 0.5) is 11.4 Å². The summed E-state index contributed by atoms with van der Waals surface area (Å²) in [4.78, 5) is 25.0. The molecule has 0 spiro atoms. The van der Waals surface area contributed by atoms with Crippen molar-refractivity contribution in [1.82, 2.24) is 0 Å². The maximum Gasteiger partial charge on any atom is 0.335 e. The standard InChI is InChI=1S/C18H16ClNO3/c1-4-17(21)20(15-7-5-6-11(2)12(15)3)16-10-13(18(22)23)8-9-14(16)19/h4-10H,1H2,2-3H3,(H,22,23). The summed E-state index contributed by atoms with van der Waals surface area (Å²) in [6.07, 6.45) is 1.17. The number of amides is 1. The van der Waals surface area contributed by atoms with Crippen molar-refractivity contribution in [2.45, 2.75) is 13.8 Å². The van der Waals surface area contributed by atoms with Gasteiger partial charge in [-0.25, -0.2) is 4.79 Å². The number of benzene rings is 2. The molecule has 2 aromatic carbocycles. The lowest BCUT2D eigenvalue weighted by Gasteiger charge is -2.25. The van der Waals surface area contributed by atoms with Gasteiger partial charge in [0, 0.05) is 0 Å². The first kappa shape index (κ1) is 16.8. The maximum absolute atomic E-state index is 12.4. The third-order valence-electron chi connectivity index (χ3n) is 3.65. The first-order valence-corrected chi connectivity index (χ1v) is 7.30. The summed E-state index contributed by atoms with van der Waals surface area (Å²) in [5, 5.41) is 9.46. The van der Waals surface area contributed by atoms with Crippen LogP contribution in [-0.4, -0.2) is 17.0 Å². The van der Waals surface area contributed by atoms with Gasteiger partial charge in [-0.3, -0.25) is 9.69 Å². The SMILES string of the molecule is C=CC(=O)N(c1cc(C(=O)O)ccc1Cl)c1cccc(C)c1C. The van der Waals surface area contributed by atoms with E-state index in [9.17, 15) is 14.7 Å². The van der Waals surface area contributed by atoms with E-state index in [1.54, 1.807) is 6.07 Å². The molecule has 2 rings (SSSR count). The number of nitrogens with zero attached hydrogens (tertiary/aromatic N) is 1. The highest BCUT2D eigenvalue weighted by Crippen LogP contribution is 2.35. The number of hydrogen-bond acceptors (Lipinski definition) is 2. The molecule has 1 N–H and O–H groups in total. The molecule has 0 aromatic heterocycles. The second kappa shape index (κ2) is 6.67. The molecule has 5 heteroatoms. The third kappa shape index (κ3) is 3.27. The molecule has 0 unspecified atom stereocenters. The Bertz CT molecular complexity index is 799. The largest absolute Gasteiger partial charge is 0.478 e. The Hall–Kier alpha value is -2.59. The van der Waals surface area contributed by atoms with Crippen LogP contribution >= 0.6 is 11.6 Å². The number of halogens is 1. The average Bonchev–Trinajstić information content (AvgIpc) is 2.52. The number of carboxylic acids is 1. The van der Waals surface area contributed by atoms with Crippen molar-refractivity contribution < 1.29 is 14.7 Å². The summed E-state index contributed by atoms with van der Waals surface area (Å²) in [6, 6.07) is 9.80. The molecular formula is C18H16ClNO3. The smallest absolute Gasteiger partial charge is 0.335 e. The van der Waals surface area contributed by atoms with Crippen molar-refractivity contribution >= 4 is 34.9 Å². The Morgan fingerprint density at radius 3 is 2.48 bits per heavy atom. The monoisotopic (exact) mass is 329 g/mol. The highest BCUT2D eigenvalue weighted by molar-refractivity contribution is 6.34. The van der Waals surface area contributed by atoms with Crippen LogP contribution in [-0.2, 0) is 4.79 Å². The molecule has 0 heterocycles. The fraction of sp³-hybridized carbons (Fsp3) is 0.111. The Kier molecular flexibility index (Phi) is 4.86. The summed E-state index contributed by atoms with van der Waals surface area (Å²) < 4.78 is 0. The minimum absolute atomic E-state index is 0.0524. The van der Waals surface area contributed by atoms with E-state index in [-0.39, 0.29) is 16.5 Å². The van der Waals surface area contributed by atoms with Crippen molar-refractivity contribution in [3.8, 4) is 0 Å². The molecule has 0 atom stereocenters. The van der Waals surface area contributed by atoms with Gasteiger partial charge in [-0.15, -0.1) is 0 Å². The summed E-state index contributed by atoms with van der Waals surface area (Å²) in [5.41, 5.74) is 2.91. The number of aryl methyl sites for hydroxylation is 1. The molecule has 0 aliphatic carbocycles. The van der Waals surface area contributed by atoms with E-state index in [0.29, 0.717) is 11.4 Å². The zero-order valence-electron chi connectivity index (χ0n) is 12.8. The van der Waals surface area contributed by atoms with Crippen LogP contribution in [0, 0.1) is 13.8 Å². The highest BCUT2D eigenvalue weighted by Gasteiger charge is 2.21. The van der Waals surface area contributed by atoms with E-state index < -0.39 is 5.97 Å². The van der Waals surface area contributed by atoms with Gasteiger partial charge in [0.15, 0.2) is 0 Å². The first-order valence-electron chi connectivity index (χ1n) is 6.92. The van der Waals surface area contributed by atoms with Gasteiger partial charge in [-0.05, 0) is 55.3 Å². The molecule has 1 amide bonds. The molecule has 0 saturated heterocycles. The number of aromatic carboxylic acids is 1. The Morgan fingerprint density at radius 2 is 1.87 bits per heavy atom. The minimum Gasteiger partial charge on any atom is -0.478 e.